The number of aryl methyl sites for hydroxylation is 18. The molecule has 16 rings (SSSR count). The van der Waals surface area contributed by atoms with E-state index in [1.807, 2.05) is 34.0 Å². The molecule has 3 aromatic heterocycles. The van der Waals surface area contributed by atoms with Crippen molar-refractivity contribution in [3.8, 4) is 66.9 Å². The third kappa shape index (κ3) is 18.7. The molecule has 0 radical (unpaired) electrons. The Labute approximate surface area is 756 Å². The summed E-state index contributed by atoms with van der Waals surface area (Å²) in [5.74, 6) is 31.4. The van der Waals surface area contributed by atoms with Gasteiger partial charge in [-0.1, -0.05) is 370 Å². The maximum Gasteiger partial charge on any atom is 0.255 e. The van der Waals surface area contributed by atoms with Crippen LogP contribution in [-0.2, 0) is 6.42 Å². The van der Waals surface area contributed by atoms with E-state index >= 15 is 0 Å². The Bertz CT molecular complexity index is 6940. The van der Waals surface area contributed by atoms with E-state index in [0.29, 0.717) is 0 Å². The average molecular weight is 1660 g/mol. The van der Waals surface area contributed by atoms with Crippen LogP contribution in [0.1, 0.15) is 161 Å². The van der Waals surface area contributed by atoms with E-state index in [2.05, 4.69) is 452 Å². The Morgan fingerprint density at radius 3 is 0.720 bits per heavy atom. The fourth-order valence-corrected chi connectivity index (χ4v) is 22.0. The zero-order valence-corrected chi connectivity index (χ0v) is 78.0. The third-order valence-electron chi connectivity index (χ3n) is 24.7. The molecule has 0 saturated carbocycles. The first-order valence-electron chi connectivity index (χ1n) is 43.5. The molecule has 0 spiro atoms. The van der Waals surface area contributed by atoms with Crippen molar-refractivity contribution in [2.45, 2.75) is 138 Å². The molecule has 0 nitrogen and oxygen atoms in total. The summed E-state index contributed by atoms with van der Waals surface area (Å²) in [5, 5.41) is 0. The quantitative estimate of drug-likeness (QED) is 0.0752. The molecule has 0 saturated heterocycles. The monoisotopic (exact) mass is 1660 g/mol. The molecule has 0 atom stereocenters. The second-order valence-electron chi connectivity index (χ2n) is 34.8. The van der Waals surface area contributed by atoms with Gasteiger partial charge in [0.15, 0.2) is 0 Å². The lowest BCUT2D eigenvalue weighted by molar-refractivity contribution is 1.12. The molecule has 15 aromatic rings. The zero-order chi connectivity index (χ0) is 87.6. The van der Waals surface area contributed by atoms with Gasteiger partial charge in [0.1, 0.15) is 0 Å². The van der Waals surface area contributed by atoms with E-state index in [1.54, 1.807) is 0 Å². The third-order valence-corrected chi connectivity index (χ3v) is 28.4. The van der Waals surface area contributed by atoms with Crippen LogP contribution in [0.15, 0.2) is 295 Å². The van der Waals surface area contributed by atoms with Crippen molar-refractivity contribution in [2.24, 2.45) is 0 Å². The van der Waals surface area contributed by atoms with Crippen molar-refractivity contribution >= 4 is 101 Å². The van der Waals surface area contributed by atoms with Crippen LogP contribution in [-0.4, -0.2) is 13.4 Å². The highest BCUT2D eigenvalue weighted by atomic mass is 32.1. The first-order chi connectivity index (χ1) is 60.2. The molecule has 5 heteroatoms. The fourth-order valence-electron chi connectivity index (χ4n) is 18.5. The molecule has 0 aliphatic heterocycles. The molecule has 1 aliphatic rings. The lowest BCUT2D eigenvalue weighted by atomic mass is 9.36. The molecule has 0 N–H and O–H groups in total. The number of benzene rings is 12. The van der Waals surface area contributed by atoms with Crippen LogP contribution in [0.2, 0.25) is 0 Å². The normalized spacial score (nSPS) is 14.4. The molecule has 0 bridgehead atoms. The van der Waals surface area contributed by atoms with E-state index in [-0.39, 0.29) is 13.4 Å². The predicted molar refractivity (Wildman–Crippen MR) is 546 cm³/mol. The van der Waals surface area contributed by atoms with Crippen LogP contribution >= 0.6 is 34.0 Å². The minimum atomic E-state index is 0.00357. The van der Waals surface area contributed by atoms with Crippen molar-refractivity contribution in [1.29, 1.82) is 0 Å². The Kier molecular flexibility index (Phi) is 25.2. The molecule has 0 amide bonds. The second kappa shape index (κ2) is 36.9. The van der Waals surface area contributed by atoms with Gasteiger partial charge in [0.2, 0.25) is 0 Å². The van der Waals surface area contributed by atoms with E-state index in [0.717, 1.165) is 134 Å². The highest BCUT2D eigenvalue weighted by molar-refractivity contribution is 7.34. The largest absolute Gasteiger partial charge is 0.255 e. The van der Waals surface area contributed by atoms with Crippen LogP contribution in [0, 0.1) is 179 Å². The van der Waals surface area contributed by atoms with Gasteiger partial charge in [-0.05, 0) is 259 Å². The highest BCUT2D eigenvalue weighted by Gasteiger charge is 2.35. The summed E-state index contributed by atoms with van der Waals surface area (Å²) in [6, 6.07) is 101. The summed E-state index contributed by atoms with van der Waals surface area (Å²) in [7, 11) is 0. The van der Waals surface area contributed by atoms with Gasteiger partial charge >= 0.3 is 0 Å². The molecule has 3 heterocycles. The van der Waals surface area contributed by atoms with E-state index in [4.69, 9.17) is 0 Å². The number of rotatable bonds is 14. The molecule has 12 aromatic carbocycles. The fraction of sp³-hybridized carbons (Fsp3) is 0.167. The van der Waals surface area contributed by atoms with Gasteiger partial charge in [-0.15, -0.1) is 34.0 Å². The van der Waals surface area contributed by atoms with Gasteiger partial charge < -0.3 is 0 Å². The summed E-state index contributed by atoms with van der Waals surface area (Å²) in [6.45, 7) is 42.7. The molecular weight excluding hydrogens is 1560 g/mol. The van der Waals surface area contributed by atoms with Crippen LogP contribution < -0.4 is 31.4 Å². The molecule has 0 unspecified atom stereocenters. The summed E-state index contributed by atoms with van der Waals surface area (Å²) in [5.41, 5.74) is 46.2. The average Bonchev–Trinajstić information content (AvgIpc) is 0.912. The standard InChI is InChI=1S/C120H104B2S3/c1-74-20-34-93(35-21-74)44-56-102-113(98-48-26-77(4)27-49-98)103(57-45-94-36-22-75(2)23-37-94)115(100-52-30-79(6)31-53-100)105(116(101-54-32-80(7)33-55-101)104(58-46-95-38-24-76(3)25-39-95)114(102)99-50-28-78(5)29-51-99)59-47-96-40-42-97(43-41-96)73-106-84(11)72-91(18)120(92(106)19)122(119-89(16)70-83(10)71-90(119)17)112-65-63-110(125-112)108-61-60-107(123-108)109-62-64-111(124-109)121(117-85(12)66-81(8)67-86(117)13)118-87(14)68-82(9)69-88(118)15/h20-43,48-55,60-72H,73H2,1-19H3/b113-102-,113-103?,114-102?,114-104-,115-103-,115-105?,116-104?,116-105-. The van der Waals surface area contributed by atoms with Gasteiger partial charge in [-0.2, -0.15) is 0 Å². The van der Waals surface area contributed by atoms with E-state index in [1.165, 1.54) is 129 Å². The molecular formula is C120H104B2S3. The lowest BCUT2D eigenvalue weighted by Gasteiger charge is -2.27. The highest BCUT2D eigenvalue weighted by Crippen LogP contribution is 2.49. The predicted octanol–water partition coefficient (Wildman–Crippen LogP) is 26.0. The van der Waals surface area contributed by atoms with Crippen LogP contribution in [0.5, 0.6) is 0 Å². The van der Waals surface area contributed by atoms with Crippen LogP contribution in [0.4, 0.5) is 0 Å². The minimum Gasteiger partial charge on any atom is -0.148 e. The van der Waals surface area contributed by atoms with Gasteiger partial charge in [0.25, 0.3) is 13.4 Å². The summed E-state index contributed by atoms with van der Waals surface area (Å²) in [4.78, 5) is 5.19. The minimum absolute atomic E-state index is 0.00357. The second-order valence-corrected chi connectivity index (χ2v) is 38.1. The maximum absolute atomic E-state index is 4.09. The Morgan fingerprint density at radius 1 is 0.208 bits per heavy atom. The van der Waals surface area contributed by atoms with Gasteiger partial charge in [-0.3, -0.25) is 0 Å². The van der Waals surface area contributed by atoms with E-state index in [9.17, 15) is 0 Å². The number of allylic oxidation sites excluding steroid dienone is 8. The zero-order valence-electron chi connectivity index (χ0n) is 75.6. The van der Waals surface area contributed by atoms with Crippen molar-refractivity contribution in [2.75, 3.05) is 0 Å². The topological polar surface area (TPSA) is 0 Å². The van der Waals surface area contributed by atoms with Crippen LogP contribution in [0.3, 0.4) is 0 Å². The number of hydrogen-bond acceptors (Lipinski definition) is 3. The molecule has 125 heavy (non-hydrogen) atoms. The Morgan fingerprint density at radius 2 is 0.440 bits per heavy atom. The Hall–Kier alpha value is -12.9. The van der Waals surface area contributed by atoms with Gasteiger partial charge in [0, 0.05) is 86.3 Å². The van der Waals surface area contributed by atoms with Crippen molar-refractivity contribution < 1.29 is 0 Å². The molecule has 608 valence electrons. The first kappa shape index (κ1) is 85.6. The summed E-state index contributed by atoms with van der Waals surface area (Å²) < 4.78 is 2.73. The first-order valence-corrected chi connectivity index (χ1v) is 46.0. The smallest absolute Gasteiger partial charge is 0.148 e. The molecule has 1 aliphatic carbocycles. The van der Waals surface area contributed by atoms with E-state index < -0.39 is 0 Å². The van der Waals surface area contributed by atoms with Gasteiger partial charge in [0.05, 0.1) is 0 Å². The summed E-state index contributed by atoms with van der Waals surface area (Å²) in [6.07, 6.45) is 0.745. The van der Waals surface area contributed by atoms with Gasteiger partial charge in [-0.25, -0.2) is 0 Å². The van der Waals surface area contributed by atoms with Crippen molar-refractivity contribution in [3.63, 3.8) is 0 Å². The summed E-state index contributed by atoms with van der Waals surface area (Å²) >= 11 is 5.82. The maximum atomic E-state index is 4.09. The lowest BCUT2D eigenvalue weighted by Crippen LogP contribution is -2.55. The van der Waals surface area contributed by atoms with Crippen molar-refractivity contribution in [3.05, 3.63) is 457 Å². The van der Waals surface area contributed by atoms with Crippen molar-refractivity contribution in [1.82, 2.24) is 0 Å². The number of hydrogen-bond donors (Lipinski definition) is 0. The number of thiophene rings is 3. The SMILES string of the molecule is Cc1ccc(C#CC2=C(c3ccc(C)cc3)/C(C#Cc3ccc(C)cc3)=C(c3ccc(C)cc3)\C(C#Cc3ccc(Cc4c(C)cc(C)c(B(c5ccc(-c6ccc(-c7ccc(B(c8c(C)cc(C)cc8C)c8c(C)cc(C)cc8C)s7)s6)s5)c5c(C)cc(C)cc5C)c4C)cc3)=C(c3ccc(C)cc3)/C(C#Cc3ccc(C)cc3)=C\2c2ccc(C)cc2)cc1. The van der Waals surface area contributed by atoms with Crippen LogP contribution in [0.25, 0.3) is 41.8 Å². The molecule has 0 fully saturated rings. The Balaban J connectivity index is 0.851.